The number of hydrogen-bond acceptors (Lipinski definition) is 3. The van der Waals surface area contributed by atoms with Crippen molar-refractivity contribution < 1.29 is 17.9 Å². The molecule has 1 aliphatic heterocycles. The summed E-state index contributed by atoms with van der Waals surface area (Å²) in [5, 5.41) is 0. The first-order valence-electron chi connectivity index (χ1n) is 5.23. The van der Waals surface area contributed by atoms with E-state index in [9.17, 15) is 13.2 Å². The molecule has 0 bridgehead atoms. The van der Waals surface area contributed by atoms with E-state index in [4.69, 9.17) is 10.6 Å². The zero-order valence-corrected chi connectivity index (χ0v) is 9.98. The summed E-state index contributed by atoms with van der Waals surface area (Å²) in [7, 11) is 0. The van der Waals surface area contributed by atoms with Crippen LogP contribution in [0.2, 0.25) is 0 Å². The molecule has 96 valence electrons. The number of halogens is 3. The van der Waals surface area contributed by atoms with Crippen LogP contribution >= 0.6 is 0 Å². The summed E-state index contributed by atoms with van der Waals surface area (Å²) in [6.07, 6.45) is -4.03. The summed E-state index contributed by atoms with van der Waals surface area (Å²) in [5.41, 5.74) is 0.488. The van der Waals surface area contributed by atoms with Crippen molar-refractivity contribution in [1.82, 2.24) is 5.43 Å². The van der Waals surface area contributed by atoms with Crippen molar-refractivity contribution in [2.45, 2.75) is 57.5 Å². The van der Waals surface area contributed by atoms with Gasteiger partial charge in [0.25, 0.3) is 0 Å². The van der Waals surface area contributed by atoms with Gasteiger partial charge in [-0.25, -0.2) is 5.43 Å². The summed E-state index contributed by atoms with van der Waals surface area (Å²) in [6.45, 7) is 6.92. The molecule has 2 atom stereocenters. The molecule has 1 aliphatic rings. The Kier molecular flexibility index (Phi) is 3.31. The minimum atomic E-state index is -4.36. The number of hydrogen-bond donors (Lipinski definition) is 2. The van der Waals surface area contributed by atoms with Gasteiger partial charge >= 0.3 is 6.18 Å². The largest absolute Gasteiger partial charge is 0.405 e. The minimum absolute atomic E-state index is 0.328. The highest BCUT2D eigenvalue weighted by Gasteiger charge is 2.56. The maximum absolute atomic E-state index is 12.8. The highest BCUT2D eigenvalue weighted by Crippen LogP contribution is 2.46. The lowest BCUT2D eigenvalue weighted by atomic mass is 9.81. The predicted molar refractivity (Wildman–Crippen MR) is 54.5 cm³/mol. The highest BCUT2D eigenvalue weighted by molar-refractivity contribution is 5.01. The molecular weight excluding hydrogens is 221 g/mol. The number of rotatable bonds is 2. The zero-order valence-electron chi connectivity index (χ0n) is 9.98. The Hall–Kier alpha value is -0.330. The Labute approximate surface area is 93.5 Å². The van der Waals surface area contributed by atoms with Gasteiger partial charge in [0.2, 0.25) is 0 Å². The van der Waals surface area contributed by atoms with Gasteiger partial charge < -0.3 is 4.74 Å². The van der Waals surface area contributed by atoms with E-state index in [1.165, 1.54) is 0 Å². The van der Waals surface area contributed by atoms with Crippen LogP contribution in [0.5, 0.6) is 0 Å². The third kappa shape index (κ3) is 2.67. The lowest BCUT2D eigenvalue weighted by Crippen LogP contribution is -2.55. The molecule has 6 heteroatoms. The maximum Gasteiger partial charge on any atom is 0.405 e. The lowest BCUT2D eigenvalue weighted by Gasteiger charge is -2.33. The van der Waals surface area contributed by atoms with E-state index in [0.717, 1.165) is 0 Å². The lowest BCUT2D eigenvalue weighted by molar-refractivity contribution is -0.180. The molecule has 1 fully saturated rings. The third-order valence-corrected chi connectivity index (χ3v) is 3.08. The molecule has 0 saturated carbocycles. The van der Waals surface area contributed by atoms with E-state index in [1.54, 1.807) is 27.7 Å². The highest BCUT2D eigenvalue weighted by atomic mass is 19.4. The van der Waals surface area contributed by atoms with Crippen molar-refractivity contribution in [3.8, 4) is 0 Å². The molecule has 3 nitrogen and oxygen atoms in total. The van der Waals surface area contributed by atoms with Crippen molar-refractivity contribution in [3.63, 3.8) is 0 Å². The predicted octanol–water partition coefficient (Wildman–Crippen LogP) is 1.97. The first-order chi connectivity index (χ1) is 6.99. The minimum Gasteiger partial charge on any atom is -0.369 e. The zero-order chi connectivity index (χ0) is 12.8. The van der Waals surface area contributed by atoms with E-state index in [2.05, 4.69) is 0 Å². The van der Waals surface area contributed by atoms with Gasteiger partial charge in [-0.2, -0.15) is 13.2 Å². The van der Waals surface area contributed by atoms with E-state index >= 15 is 0 Å². The molecule has 2 unspecified atom stereocenters. The SMILES string of the molecule is CC1(C)CC(C(NN)C(F)(F)F)C(C)(C)O1. The van der Waals surface area contributed by atoms with E-state index in [1.807, 2.05) is 5.43 Å². The topological polar surface area (TPSA) is 47.3 Å². The van der Waals surface area contributed by atoms with Gasteiger partial charge in [-0.1, -0.05) is 0 Å². The number of ether oxygens (including phenoxy) is 1. The molecule has 0 aromatic rings. The van der Waals surface area contributed by atoms with Gasteiger partial charge in [0, 0.05) is 5.92 Å². The van der Waals surface area contributed by atoms with Gasteiger partial charge in [0.1, 0.15) is 6.04 Å². The van der Waals surface area contributed by atoms with E-state index in [0.29, 0.717) is 6.42 Å². The quantitative estimate of drug-likeness (QED) is 0.573. The number of hydrazine groups is 1. The third-order valence-electron chi connectivity index (χ3n) is 3.08. The van der Waals surface area contributed by atoms with Gasteiger partial charge in [0.05, 0.1) is 11.2 Å². The second-order valence-corrected chi connectivity index (χ2v) is 5.46. The molecular formula is C10H19F3N2O. The molecule has 1 saturated heterocycles. The van der Waals surface area contributed by atoms with Gasteiger partial charge in [-0.3, -0.25) is 5.84 Å². The Morgan fingerprint density at radius 3 is 2.06 bits per heavy atom. The van der Waals surface area contributed by atoms with Crippen LogP contribution in [0.15, 0.2) is 0 Å². The van der Waals surface area contributed by atoms with Crippen LogP contribution in [0.25, 0.3) is 0 Å². The fourth-order valence-electron chi connectivity index (χ4n) is 2.56. The van der Waals surface area contributed by atoms with Gasteiger partial charge in [-0.15, -0.1) is 0 Å². The second-order valence-electron chi connectivity index (χ2n) is 5.46. The molecule has 0 spiro atoms. The van der Waals surface area contributed by atoms with Crippen molar-refractivity contribution in [2.24, 2.45) is 11.8 Å². The first-order valence-corrected chi connectivity index (χ1v) is 5.23. The van der Waals surface area contributed by atoms with Crippen molar-refractivity contribution >= 4 is 0 Å². The summed E-state index contributed by atoms with van der Waals surface area (Å²) in [5.74, 6) is 4.34. The van der Waals surface area contributed by atoms with Gasteiger partial charge in [-0.05, 0) is 34.1 Å². The molecule has 0 amide bonds. The summed E-state index contributed by atoms with van der Waals surface area (Å²) >= 11 is 0. The summed E-state index contributed by atoms with van der Waals surface area (Å²) < 4.78 is 43.9. The number of nitrogens with one attached hydrogen (secondary N) is 1. The average molecular weight is 240 g/mol. The van der Waals surface area contributed by atoms with Crippen molar-refractivity contribution in [1.29, 1.82) is 0 Å². The maximum atomic E-state index is 12.8. The van der Waals surface area contributed by atoms with Crippen LogP contribution in [0, 0.1) is 5.92 Å². The standard InChI is InChI=1S/C10H19F3N2O/c1-8(2)5-6(9(3,4)16-8)7(15-14)10(11,12)13/h6-7,15H,5,14H2,1-4H3. The molecule has 16 heavy (non-hydrogen) atoms. The van der Waals surface area contributed by atoms with Crippen LogP contribution in [0.3, 0.4) is 0 Å². The fraction of sp³-hybridized carbons (Fsp3) is 1.00. The molecule has 0 aliphatic carbocycles. The van der Waals surface area contributed by atoms with Crippen LogP contribution in [-0.2, 0) is 4.74 Å². The smallest absolute Gasteiger partial charge is 0.369 e. The van der Waals surface area contributed by atoms with Crippen LogP contribution in [0.4, 0.5) is 13.2 Å². The second kappa shape index (κ2) is 3.85. The first kappa shape index (κ1) is 13.7. The molecule has 0 radical (unpaired) electrons. The fourth-order valence-corrected chi connectivity index (χ4v) is 2.56. The van der Waals surface area contributed by atoms with Crippen molar-refractivity contribution in [3.05, 3.63) is 0 Å². The van der Waals surface area contributed by atoms with Crippen molar-refractivity contribution in [2.75, 3.05) is 0 Å². The Morgan fingerprint density at radius 2 is 1.81 bits per heavy atom. The molecule has 0 aromatic heterocycles. The molecule has 0 aromatic carbocycles. The average Bonchev–Trinajstić information content (AvgIpc) is 2.17. The summed E-state index contributed by atoms with van der Waals surface area (Å²) in [4.78, 5) is 0. The van der Waals surface area contributed by atoms with Crippen LogP contribution in [-0.4, -0.2) is 23.4 Å². The van der Waals surface area contributed by atoms with Gasteiger partial charge in [0.15, 0.2) is 0 Å². The monoisotopic (exact) mass is 240 g/mol. The number of alkyl halides is 3. The molecule has 1 heterocycles. The Balaban J connectivity index is 2.95. The molecule has 1 rings (SSSR count). The van der Waals surface area contributed by atoms with Crippen LogP contribution < -0.4 is 11.3 Å². The molecule has 3 N–H and O–H groups in total. The van der Waals surface area contributed by atoms with E-state index < -0.39 is 29.3 Å². The normalized spacial score (nSPS) is 30.4. The summed E-state index contributed by atoms with van der Waals surface area (Å²) in [6, 6.07) is -1.73. The van der Waals surface area contributed by atoms with E-state index in [-0.39, 0.29) is 0 Å². The van der Waals surface area contributed by atoms with Crippen LogP contribution in [0.1, 0.15) is 34.1 Å². The Bertz CT molecular complexity index is 263. The number of nitrogens with two attached hydrogens (primary N) is 1. The Morgan fingerprint density at radius 1 is 1.31 bits per heavy atom.